The van der Waals surface area contributed by atoms with Crippen molar-refractivity contribution in [3.63, 3.8) is 0 Å². The lowest BCUT2D eigenvalue weighted by Gasteiger charge is -2.35. The first-order valence-electron chi connectivity index (χ1n) is 10.8. The number of anilines is 1. The zero-order valence-corrected chi connectivity index (χ0v) is 18.9. The van der Waals surface area contributed by atoms with E-state index in [-0.39, 0.29) is 0 Å². The number of methoxy groups -OCH3 is 1. The second-order valence-electron chi connectivity index (χ2n) is 6.67. The van der Waals surface area contributed by atoms with E-state index in [0.29, 0.717) is 0 Å². The van der Waals surface area contributed by atoms with Crippen molar-refractivity contribution in [3.8, 4) is 5.75 Å². The summed E-state index contributed by atoms with van der Waals surface area (Å²) in [6.07, 6.45) is 4.28. The van der Waals surface area contributed by atoms with Crippen molar-refractivity contribution >= 4 is 11.3 Å². The maximum atomic E-state index is 5.24. The molecule has 0 saturated carbocycles. The number of aryl methyl sites for hydroxylation is 1. The Labute approximate surface area is 175 Å². The van der Waals surface area contributed by atoms with Gasteiger partial charge in [-0.05, 0) is 42.8 Å². The molecule has 1 saturated heterocycles. The maximum Gasteiger partial charge on any atom is 0.137 e. The first-order valence-corrected chi connectivity index (χ1v) is 10.8. The Morgan fingerprint density at radius 1 is 0.862 bits per heavy atom. The number of benzene rings is 1. The molecule has 2 aromatic heterocycles. The van der Waals surface area contributed by atoms with E-state index in [9.17, 15) is 0 Å². The molecule has 1 aliphatic rings. The van der Waals surface area contributed by atoms with Crippen LogP contribution in [0.1, 0.15) is 39.0 Å². The van der Waals surface area contributed by atoms with Gasteiger partial charge in [-0.2, -0.15) is 0 Å². The Morgan fingerprint density at radius 2 is 1.52 bits per heavy atom. The minimum absolute atomic E-state index is 0.907. The summed E-state index contributed by atoms with van der Waals surface area (Å²) in [4.78, 5) is 9.65. The van der Waals surface area contributed by atoms with Crippen LogP contribution in [0.25, 0.3) is 5.65 Å². The molecule has 1 fully saturated rings. The number of ether oxygens (including phenoxy) is 1. The first-order chi connectivity index (χ1) is 14.2. The molecule has 0 bridgehead atoms. The standard InChI is InChI=1S/C20H24N4O.2C2H6/c1-16-3-8-20-21-17(15-24(20)13-16)14-22-9-11-23(12-10-22)18-4-6-19(25-2)7-5-18;2*1-2/h3-8,13,15H,9-12,14H2,1-2H3;2*1-2H3. The molecular weight excluding hydrogens is 360 g/mol. The van der Waals surface area contributed by atoms with Crippen molar-refractivity contribution in [3.05, 3.63) is 60.0 Å². The molecule has 1 aromatic carbocycles. The van der Waals surface area contributed by atoms with Gasteiger partial charge >= 0.3 is 0 Å². The van der Waals surface area contributed by atoms with Gasteiger partial charge in [0, 0.05) is 50.8 Å². The average molecular weight is 397 g/mol. The van der Waals surface area contributed by atoms with Gasteiger partial charge in [-0.15, -0.1) is 0 Å². The highest BCUT2D eigenvalue weighted by molar-refractivity contribution is 5.49. The summed E-state index contributed by atoms with van der Waals surface area (Å²) in [6.45, 7) is 15.2. The third kappa shape index (κ3) is 5.97. The third-order valence-corrected chi connectivity index (χ3v) is 4.84. The van der Waals surface area contributed by atoms with Gasteiger partial charge in [0.15, 0.2) is 0 Å². The fraction of sp³-hybridized carbons (Fsp3) is 0.458. The monoisotopic (exact) mass is 396 g/mol. The van der Waals surface area contributed by atoms with Gasteiger partial charge in [0.1, 0.15) is 11.4 Å². The normalized spacial score (nSPS) is 13.9. The summed E-state index contributed by atoms with van der Waals surface area (Å²) in [5.41, 5.74) is 4.69. The molecule has 0 radical (unpaired) electrons. The van der Waals surface area contributed by atoms with Crippen LogP contribution in [0.2, 0.25) is 0 Å². The number of fused-ring (bicyclic) bond motifs is 1. The highest BCUT2D eigenvalue weighted by Crippen LogP contribution is 2.21. The zero-order valence-electron chi connectivity index (χ0n) is 18.9. The molecular formula is C24H36N4O. The van der Waals surface area contributed by atoms with E-state index in [4.69, 9.17) is 9.72 Å². The summed E-state index contributed by atoms with van der Waals surface area (Å²) >= 11 is 0. The topological polar surface area (TPSA) is 33.0 Å². The fourth-order valence-electron chi connectivity index (χ4n) is 3.42. The number of imidazole rings is 1. The number of aromatic nitrogens is 2. The van der Waals surface area contributed by atoms with Gasteiger partial charge in [0.05, 0.1) is 12.8 Å². The van der Waals surface area contributed by atoms with Crippen LogP contribution in [0.15, 0.2) is 48.8 Å². The van der Waals surface area contributed by atoms with Crippen molar-refractivity contribution in [2.45, 2.75) is 41.2 Å². The van der Waals surface area contributed by atoms with E-state index in [0.717, 1.165) is 49.8 Å². The van der Waals surface area contributed by atoms with E-state index < -0.39 is 0 Å². The number of nitrogens with zero attached hydrogens (tertiary/aromatic N) is 4. The number of piperazine rings is 1. The molecule has 0 unspecified atom stereocenters. The Kier molecular flexibility index (Phi) is 9.00. The largest absolute Gasteiger partial charge is 0.497 e. The van der Waals surface area contributed by atoms with E-state index in [1.54, 1.807) is 7.11 Å². The fourth-order valence-corrected chi connectivity index (χ4v) is 3.42. The van der Waals surface area contributed by atoms with E-state index in [2.05, 4.69) is 57.8 Å². The predicted octanol–water partition coefficient (Wildman–Crippen LogP) is 5.03. The summed E-state index contributed by atoms with van der Waals surface area (Å²) in [7, 11) is 1.70. The van der Waals surface area contributed by atoms with Crippen LogP contribution in [0.3, 0.4) is 0 Å². The SMILES string of the molecule is CC.CC.COc1ccc(N2CCN(Cc3cn4cc(C)ccc4n3)CC2)cc1. The van der Waals surface area contributed by atoms with Crippen LogP contribution in [0.5, 0.6) is 5.75 Å². The van der Waals surface area contributed by atoms with Crippen molar-refractivity contribution < 1.29 is 4.74 Å². The van der Waals surface area contributed by atoms with Crippen molar-refractivity contribution in [1.82, 2.24) is 14.3 Å². The summed E-state index contributed by atoms with van der Waals surface area (Å²) in [5.74, 6) is 0.907. The maximum absolute atomic E-state index is 5.24. The van der Waals surface area contributed by atoms with Gasteiger partial charge in [0.25, 0.3) is 0 Å². The van der Waals surface area contributed by atoms with Gasteiger partial charge in [-0.1, -0.05) is 33.8 Å². The Morgan fingerprint density at radius 3 is 2.14 bits per heavy atom. The smallest absolute Gasteiger partial charge is 0.137 e. The lowest BCUT2D eigenvalue weighted by Crippen LogP contribution is -2.46. The molecule has 0 aliphatic carbocycles. The van der Waals surface area contributed by atoms with E-state index in [1.807, 2.05) is 39.8 Å². The molecule has 0 atom stereocenters. The van der Waals surface area contributed by atoms with Crippen LogP contribution >= 0.6 is 0 Å². The third-order valence-electron chi connectivity index (χ3n) is 4.84. The van der Waals surface area contributed by atoms with Gasteiger partial charge in [0.2, 0.25) is 0 Å². The van der Waals surface area contributed by atoms with Crippen LogP contribution < -0.4 is 9.64 Å². The lowest BCUT2D eigenvalue weighted by atomic mass is 10.2. The van der Waals surface area contributed by atoms with Crippen molar-refractivity contribution in [1.29, 1.82) is 0 Å². The van der Waals surface area contributed by atoms with Crippen LogP contribution in [-0.4, -0.2) is 47.6 Å². The minimum Gasteiger partial charge on any atom is -0.497 e. The molecule has 0 N–H and O–H groups in total. The highest BCUT2D eigenvalue weighted by Gasteiger charge is 2.18. The van der Waals surface area contributed by atoms with Crippen LogP contribution in [0, 0.1) is 6.92 Å². The minimum atomic E-state index is 0.907. The van der Waals surface area contributed by atoms with Gasteiger partial charge < -0.3 is 14.0 Å². The molecule has 0 amide bonds. The van der Waals surface area contributed by atoms with Gasteiger partial charge in [-0.3, -0.25) is 4.90 Å². The molecule has 5 heteroatoms. The molecule has 1 aliphatic heterocycles. The Bertz CT molecular complexity index is 849. The summed E-state index contributed by atoms with van der Waals surface area (Å²) in [6, 6.07) is 12.5. The second kappa shape index (κ2) is 11.5. The molecule has 3 aromatic rings. The highest BCUT2D eigenvalue weighted by atomic mass is 16.5. The summed E-state index contributed by atoms with van der Waals surface area (Å²) in [5, 5.41) is 0. The molecule has 5 nitrogen and oxygen atoms in total. The first kappa shape index (κ1) is 22.8. The van der Waals surface area contributed by atoms with Crippen LogP contribution in [-0.2, 0) is 6.54 Å². The molecule has 29 heavy (non-hydrogen) atoms. The zero-order chi connectivity index (χ0) is 21.2. The average Bonchev–Trinajstić information content (AvgIpc) is 3.18. The van der Waals surface area contributed by atoms with Crippen molar-refractivity contribution in [2.75, 3.05) is 38.2 Å². The number of pyridine rings is 1. The number of hydrogen-bond donors (Lipinski definition) is 0. The number of rotatable bonds is 4. The summed E-state index contributed by atoms with van der Waals surface area (Å²) < 4.78 is 7.36. The Hall–Kier alpha value is -2.53. The predicted molar refractivity (Wildman–Crippen MR) is 123 cm³/mol. The van der Waals surface area contributed by atoms with E-state index in [1.165, 1.54) is 11.3 Å². The van der Waals surface area contributed by atoms with Gasteiger partial charge in [-0.25, -0.2) is 4.98 Å². The molecule has 4 rings (SSSR count). The quantitative estimate of drug-likeness (QED) is 0.619. The van der Waals surface area contributed by atoms with Crippen LogP contribution in [0.4, 0.5) is 5.69 Å². The van der Waals surface area contributed by atoms with Crippen molar-refractivity contribution in [2.24, 2.45) is 0 Å². The molecule has 3 heterocycles. The van der Waals surface area contributed by atoms with E-state index >= 15 is 0 Å². The second-order valence-corrected chi connectivity index (χ2v) is 6.67. The Balaban J connectivity index is 0.000000707. The molecule has 158 valence electrons. The lowest BCUT2D eigenvalue weighted by molar-refractivity contribution is 0.247. The number of hydrogen-bond acceptors (Lipinski definition) is 4. The molecule has 0 spiro atoms.